The van der Waals surface area contributed by atoms with Crippen LogP contribution in [0, 0.1) is 0 Å². The molecule has 25 heavy (non-hydrogen) atoms. The average Bonchev–Trinajstić information content (AvgIpc) is 3.31. The monoisotopic (exact) mass is 376 g/mol. The molecular formula is C17H21ClN6S. The number of halogens is 1. The van der Waals surface area contributed by atoms with Gasteiger partial charge in [0.25, 0.3) is 0 Å². The van der Waals surface area contributed by atoms with E-state index in [1.807, 2.05) is 29.3 Å². The molecule has 1 aliphatic rings. The standard InChI is InChI=1S/C17H20N6S.ClH/c1-24-16-5-3-2-4-15(16)22-11-10-19-17(22)14-12-23(21-20-14)13-6-8-18-9-7-13;/h2-5,10-13,18H,6-9H2,1H3;1H. The molecule has 1 aromatic carbocycles. The van der Waals surface area contributed by atoms with Gasteiger partial charge in [-0.2, -0.15) is 0 Å². The molecule has 8 heteroatoms. The van der Waals surface area contributed by atoms with Crippen LogP contribution in [0.15, 0.2) is 47.8 Å². The van der Waals surface area contributed by atoms with E-state index in [0.29, 0.717) is 6.04 Å². The number of piperidine rings is 1. The van der Waals surface area contributed by atoms with E-state index in [-0.39, 0.29) is 12.4 Å². The fourth-order valence-electron chi connectivity index (χ4n) is 3.15. The Labute approximate surface area is 157 Å². The summed E-state index contributed by atoms with van der Waals surface area (Å²) in [5.74, 6) is 0.830. The Morgan fingerprint density at radius 2 is 2.00 bits per heavy atom. The number of aromatic nitrogens is 5. The molecule has 0 unspecified atom stereocenters. The third-order valence-electron chi connectivity index (χ3n) is 4.41. The lowest BCUT2D eigenvalue weighted by atomic mass is 10.1. The first-order valence-electron chi connectivity index (χ1n) is 8.16. The van der Waals surface area contributed by atoms with Crippen molar-refractivity contribution in [1.82, 2.24) is 29.9 Å². The molecule has 6 nitrogen and oxygen atoms in total. The molecule has 4 rings (SSSR count). The summed E-state index contributed by atoms with van der Waals surface area (Å²) in [7, 11) is 0. The van der Waals surface area contributed by atoms with Crippen LogP contribution in [0.3, 0.4) is 0 Å². The molecule has 0 amide bonds. The van der Waals surface area contributed by atoms with E-state index in [9.17, 15) is 0 Å². The Morgan fingerprint density at radius 1 is 1.20 bits per heavy atom. The van der Waals surface area contributed by atoms with E-state index >= 15 is 0 Å². The maximum atomic E-state index is 4.52. The van der Waals surface area contributed by atoms with Crippen LogP contribution in [-0.2, 0) is 0 Å². The van der Waals surface area contributed by atoms with Gasteiger partial charge in [0, 0.05) is 17.3 Å². The summed E-state index contributed by atoms with van der Waals surface area (Å²) < 4.78 is 4.08. The maximum Gasteiger partial charge on any atom is 0.166 e. The summed E-state index contributed by atoms with van der Waals surface area (Å²) in [6, 6.07) is 8.75. The summed E-state index contributed by atoms with van der Waals surface area (Å²) in [5.41, 5.74) is 1.93. The number of hydrogen-bond acceptors (Lipinski definition) is 5. The van der Waals surface area contributed by atoms with Crippen LogP contribution in [0.4, 0.5) is 0 Å². The summed E-state index contributed by atoms with van der Waals surface area (Å²) >= 11 is 1.73. The van der Waals surface area contributed by atoms with Crippen molar-refractivity contribution in [3.63, 3.8) is 0 Å². The van der Waals surface area contributed by atoms with E-state index in [1.165, 1.54) is 4.90 Å². The Bertz CT molecular complexity index is 824. The lowest BCUT2D eigenvalue weighted by Gasteiger charge is -2.22. The van der Waals surface area contributed by atoms with Crippen molar-refractivity contribution in [2.24, 2.45) is 0 Å². The lowest BCUT2D eigenvalue weighted by Crippen LogP contribution is -2.29. The van der Waals surface area contributed by atoms with Crippen molar-refractivity contribution >= 4 is 24.2 Å². The van der Waals surface area contributed by atoms with Gasteiger partial charge in [0.1, 0.15) is 5.69 Å². The molecule has 1 N–H and O–H groups in total. The molecule has 0 spiro atoms. The van der Waals surface area contributed by atoms with Crippen molar-refractivity contribution in [2.45, 2.75) is 23.8 Å². The minimum atomic E-state index is 0. The largest absolute Gasteiger partial charge is 0.317 e. The van der Waals surface area contributed by atoms with Gasteiger partial charge in [0.2, 0.25) is 0 Å². The second-order valence-electron chi connectivity index (χ2n) is 5.86. The van der Waals surface area contributed by atoms with Crippen molar-refractivity contribution in [2.75, 3.05) is 19.3 Å². The zero-order valence-corrected chi connectivity index (χ0v) is 15.6. The fourth-order valence-corrected chi connectivity index (χ4v) is 3.74. The quantitative estimate of drug-likeness (QED) is 0.708. The predicted octanol–water partition coefficient (Wildman–Crippen LogP) is 3.20. The number of benzene rings is 1. The Kier molecular flexibility index (Phi) is 5.78. The first-order valence-corrected chi connectivity index (χ1v) is 9.39. The first-order chi connectivity index (χ1) is 11.9. The first kappa shape index (κ1) is 18.0. The predicted molar refractivity (Wildman–Crippen MR) is 103 cm³/mol. The molecule has 0 saturated carbocycles. The van der Waals surface area contributed by atoms with Crippen molar-refractivity contribution < 1.29 is 0 Å². The summed E-state index contributed by atoms with van der Waals surface area (Å²) in [6.45, 7) is 2.07. The molecule has 3 heterocycles. The Hall–Kier alpha value is -1.83. The van der Waals surface area contributed by atoms with Crippen LogP contribution in [0.1, 0.15) is 18.9 Å². The molecule has 1 aliphatic heterocycles. The molecule has 0 bridgehead atoms. The smallest absolute Gasteiger partial charge is 0.166 e. The van der Waals surface area contributed by atoms with Gasteiger partial charge in [-0.1, -0.05) is 17.3 Å². The topological polar surface area (TPSA) is 60.6 Å². The van der Waals surface area contributed by atoms with Gasteiger partial charge in [-0.05, 0) is 44.3 Å². The van der Waals surface area contributed by atoms with Gasteiger partial charge in [-0.15, -0.1) is 29.3 Å². The van der Waals surface area contributed by atoms with E-state index in [4.69, 9.17) is 0 Å². The minimum Gasteiger partial charge on any atom is -0.317 e. The van der Waals surface area contributed by atoms with Crippen LogP contribution in [0.2, 0.25) is 0 Å². The molecule has 2 aromatic heterocycles. The summed E-state index contributed by atoms with van der Waals surface area (Å²) in [4.78, 5) is 5.73. The number of rotatable bonds is 4. The molecular weight excluding hydrogens is 356 g/mol. The maximum absolute atomic E-state index is 4.52. The highest BCUT2D eigenvalue weighted by Gasteiger charge is 2.19. The molecule has 0 atom stereocenters. The Morgan fingerprint density at radius 3 is 2.80 bits per heavy atom. The number of para-hydroxylation sites is 1. The third-order valence-corrected chi connectivity index (χ3v) is 5.19. The highest BCUT2D eigenvalue weighted by molar-refractivity contribution is 7.98. The number of imidazole rings is 1. The molecule has 132 valence electrons. The zero-order valence-electron chi connectivity index (χ0n) is 14.0. The van der Waals surface area contributed by atoms with E-state index in [0.717, 1.165) is 43.1 Å². The lowest BCUT2D eigenvalue weighted by molar-refractivity contribution is 0.337. The van der Waals surface area contributed by atoms with Gasteiger partial charge in [-0.3, -0.25) is 4.57 Å². The van der Waals surface area contributed by atoms with E-state index in [1.54, 1.807) is 11.8 Å². The molecule has 3 aromatic rings. The van der Waals surface area contributed by atoms with Gasteiger partial charge in [-0.25, -0.2) is 9.67 Å². The summed E-state index contributed by atoms with van der Waals surface area (Å²) in [6.07, 6.45) is 10.1. The number of nitrogens with one attached hydrogen (secondary N) is 1. The van der Waals surface area contributed by atoms with E-state index < -0.39 is 0 Å². The van der Waals surface area contributed by atoms with Gasteiger partial charge < -0.3 is 5.32 Å². The highest BCUT2D eigenvalue weighted by atomic mass is 35.5. The summed E-state index contributed by atoms with van der Waals surface area (Å²) in [5, 5.41) is 12.1. The van der Waals surface area contributed by atoms with Crippen molar-refractivity contribution in [1.29, 1.82) is 0 Å². The van der Waals surface area contributed by atoms with Crippen LogP contribution in [0.5, 0.6) is 0 Å². The number of nitrogens with zero attached hydrogens (tertiary/aromatic N) is 5. The van der Waals surface area contributed by atoms with Gasteiger partial charge in [0.05, 0.1) is 17.9 Å². The highest BCUT2D eigenvalue weighted by Crippen LogP contribution is 2.28. The van der Waals surface area contributed by atoms with E-state index in [2.05, 4.69) is 49.6 Å². The third kappa shape index (κ3) is 3.58. The second-order valence-corrected chi connectivity index (χ2v) is 6.71. The zero-order chi connectivity index (χ0) is 16.4. The normalized spacial score (nSPS) is 15.1. The average molecular weight is 377 g/mol. The molecule has 0 radical (unpaired) electrons. The van der Waals surface area contributed by atoms with Crippen LogP contribution >= 0.6 is 24.2 Å². The number of thioether (sulfide) groups is 1. The van der Waals surface area contributed by atoms with Gasteiger partial charge >= 0.3 is 0 Å². The second kappa shape index (κ2) is 8.03. The Balaban J connectivity index is 0.00000182. The number of hydrogen-bond donors (Lipinski definition) is 1. The SMILES string of the molecule is CSc1ccccc1-n1ccnc1-c1cn(C2CCNCC2)nn1.Cl. The van der Waals surface area contributed by atoms with Gasteiger partial charge in [0.15, 0.2) is 5.82 Å². The van der Waals surface area contributed by atoms with Crippen LogP contribution in [-0.4, -0.2) is 43.9 Å². The van der Waals surface area contributed by atoms with Crippen LogP contribution < -0.4 is 5.32 Å². The minimum absolute atomic E-state index is 0. The molecule has 1 fully saturated rings. The van der Waals surface area contributed by atoms with Crippen molar-refractivity contribution in [3.05, 3.63) is 42.9 Å². The fraction of sp³-hybridized carbons (Fsp3) is 0.353. The molecule has 0 aliphatic carbocycles. The van der Waals surface area contributed by atoms with Crippen molar-refractivity contribution in [3.8, 4) is 17.2 Å². The molecule has 1 saturated heterocycles. The van der Waals surface area contributed by atoms with Crippen LogP contribution in [0.25, 0.3) is 17.2 Å².